The molecule has 0 saturated heterocycles. The smallest absolute Gasteiger partial charge is 0.333 e. The molecule has 0 bridgehead atoms. The summed E-state index contributed by atoms with van der Waals surface area (Å²) in [6.45, 7) is 5.18. The molecule has 1 atom stereocenters. The molecule has 0 aliphatic heterocycles. The topological polar surface area (TPSA) is 26.3 Å². The third-order valence-corrected chi connectivity index (χ3v) is 1.82. The standard InChI is InChI=1S/C10H14O2/c1-8(2)10(11)12-9-6-4-3-5-7-9/h4,6,9H,1,3,5,7H2,2H3. The summed E-state index contributed by atoms with van der Waals surface area (Å²) in [6, 6.07) is 0. The first kappa shape index (κ1) is 9.04. The fourth-order valence-electron chi connectivity index (χ4n) is 1.12. The second-order valence-electron chi connectivity index (χ2n) is 3.08. The van der Waals surface area contributed by atoms with Gasteiger partial charge in [0.15, 0.2) is 0 Å². The summed E-state index contributed by atoms with van der Waals surface area (Å²) in [4.78, 5) is 11.1. The van der Waals surface area contributed by atoms with Gasteiger partial charge in [-0.15, -0.1) is 0 Å². The van der Waals surface area contributed by atoms with Crippen molar-refractivity contribution in [1.29, 1.82) is 0 Å². The first-order chi connectivity index (χ1) is 5.70. The van der Waals surface area contributed by atoms with Crippen LogP contribution in [0.4, 0.5) is 0 Å². The van der Waals surface area contributed by atoms with E-state index in [9.17, 15) is 4.79 Å². The van der Waals surface area contributed by atoms with Crippen LogP contribution in [0.5, 0.6) is 0 Å². The van der Waals surface area contributed by atoms with Crippen LogP contribution < -0.4 is 0 Å². The normalized spacial score (nSPS) is 21.9. The van der Waals surface area contributed by atoms with Crippen LogP contribution in [0.1, 0.15) is 26.2 Å². The lowest BCUT2D eigenvalue weighted by molar-refractivity contribution is -0.142. The van der Waals surface area contributed by atoms with E-state index >= 15 is 0 Å². The van der Waals surface area contributed by atoms with Crippen LogP contribution in [-0.2, 0) is 9.53 Å². The quantitative estimate of drug-likeness (QED) is 0.357. The molecule has 0 aromatic heterocycles. The number of carbonyl (C=O) groups is 1. The lowest BCUT2D eigenvalue weighted by Crippen LogP contribution is -2.17. The van der Waals surface area contributed by atoms with E-state index in [2.05, 4.69) is 12.7 Å². The molecule has 0 heterocycles. The highest BCUT2D eigenvalue weighted by Crippen LogP contribution is 2.14. The fraction of sp³-hybridized carbons (Fsp3) is 0.500. The molecule has 0 amide bonds. The average molecular weight is 166 g/mol. The Hall–Kier alpha value is -1.05. The summed E-state index contributed by atoms with van der Waals surface area (Å²) in [5.74, 6) is -0.286. The van der Waals surface area contributed by atoms with E-state index in [1.165, 1.54) is 0 Å². The van der Waals surface area contributed by atoms with Gasteiger partial charge in [-0.25, -0.2) is 4.79 Å². The largest absolute Gasteiger partial charge is 0.455 e. The monoisotopic (exact) mass is 166 g/mol. The molecule has 0 fully saturated rings. The lowest BCUT2D eigenvalue weighted by Gasteiger charge is -2.16. The summed E-state index contributed by atoms with van der Waals surface area (Å²) in [5, 5.41) is 0. The van der Waals surface area contributed by atoms with Gasteiger partial charge in [-0.2, -0.15) is 0 Å². The molecule has 0 saturated carbocycles. The van der Waals surface area contributed by atoms with Crippen LogP contribution in [0.15, 0.2) is 24.3 Å². The first-order valence-corrected chi connectivity index (χ1v) is 4.23. The Morgan fingerprint density at radius 3 is 2.92 bits per heavy atom. The number of hydrogen-bond acceptors (Lipinski definition) is 2. The maximum atomic E-state index is 11.1. The van der Waals surface area contributed by atoms with Gasteiger partial charge in [-0.05, 0) is 32.3 Å². The molecule has 0 aromatic carbocycles. The molecule has 2 nitrogen and oxygen atoms in total. The maximum Gasteiger partial charge on any atom is 0.333 e. The maximum absolute atomic E-state index is 11.1. The van der Waals surface area contributed by atoms with Crippen LogP contribution in [0, 0.1) is 0 Å². The molecular formula is C10H14O2. The highest BCUT2D eigenvalue weighted by Gasteiger charge is 2.13. The molecule has 1 unspecified atom stereocenters. The van der Waals surface area contributed by atoms with Gasteiger partial charge in [0.1, 0.15) is 6.10 Å². The second-order valence-corrected chi connectivity index (χ2v) is 3.08. The fourth-order valence-corrected chi connectivity index (χ4v) is 1.12. The van der Waals surface area contributed by atoms with E-state index in [4.69, 9.17) is 4.74 Å². The van der Waals surface area contributed by atoms with Gasteiger partial charge in [0.05, 0.1) is 0 Å². The molecule has 12 heavy (non-hydrogen) atoms. The van der Waals surface area contributed by atoms with Crippen LogP contribution in [-0.4, -0.2) is 12.1 Å². The van der Waals surface area contributed by atoms with Gasteiger partial charge in [0.25, 0.3) is 0 Å². The SMILES string of the molecule is C=C(C)C(=O)OC1C=CCCC1. The average Bonchev–Trinajstić information content (AvgIpc) is 2.06. The molecule has 66 valence electrons. The molecule has 0 spiro atoms. The Bertz CT molecular complexity index is 216. The summed E-state index contributed by atoms with van der Waals surface area (Å²) in [5.41, 5.74) is 0.467. The lowest BCUT2D eigenvalue weighted by atomic mass is 10.1. The molecular weight excluding hydrogens is 152 g/mol. The van der Waals surface area contributed by atoms with Crippen molar-refractivity contribution < 1.29 is 9.53 Å². The van der Waals surface area contributed by atoms with Crippen LogP contribution in [0.2, 0.25) is 0 Å². The van der Waals surface area contributed by atoms with Crippen LogP contribution in [0.3, 0.4) is 0 Å². The van der Waals surface area contributed by atoms with Crippen molar-refractivity contribution in [1.82, 2.24) is 0 Å². The van der Waals surface area contributed by atoms with E-state index in [-0.39, 0.29) is 12.1 Å². The molecule has 2 heteroatoms. The van der Waals surface area contributed by atoms with Crippen molar-refractivity contribution in [3.05, 3.63) is 24.3 Å². The number of ether oxygens (including phenoxy) is 1. The van der Waals surface area contributed by atoms with E-state index in [0.29, 0.717) is 5.57 Å². The van der Waals surface area contributed by atoms with E-state index in [0.717, 1.165) is 19.3 Å². The molecule has 1 rings (SSSR count). The molecule has 1 aliphatic rings. The van der Waals surface area contributed by atoms with E-state index in [1.807, 2.05) is 6.08 Å². The Labute approximate surface area is 72.9 Å². The van der Waals surface area contributed by atoms with Crippen molar-refractivity contribution in [3.63, 3.8) is 0 Å². The first-order valence-electron chi connectivity index (χ1n) is 4.23. The predicted molar refractivity (Wildman–Crippen MR) is 47.7 cm³/mol. The van der Waals surface area contributed by atoms with Gasteiger partial charge in [0.2, 0.25) is 0 Å². The van der Waals surface area contributed by atoms with Crippen molar-refractivity contribution in [2.24, 2.45) is 0 Å². The summed E-state index contributed by atoms with van der Waals surface area (Å²) in [6.07, 6.45) is 7.12. The van der Waals surface area contributed by atoms with Crippen molar-refractivity contribution in [2.75, 3.05) is 0 Å². The van der Waals surface area contributed by atoms with Crippen LogP contribution >= 0.6 is 0 Å². The van der Waals surface area contributed by atoms with Crippen molar-refractivity contribution in [3.8, 4) is 0 Å². The van der Waals surface area contributed by atoms with E-state index < -0.39 is 0 Å². The Kier molecular flexibility index (Phi) is 3.09. The minimum Gasteiger partial charge on any atom is -0.455 e. The number of rotatable bonds is 2. The van der Waals surface area contributed by atoms with Gasteiger partial charge in [-0.1, -0.05) is 12.7 Å². The second kappa shape index (κ2) is 4.10. The number of carbonyl (C=O) groups excluding carboxylic acids is 1. The number of allylic oxidation sites excluding steroid dienone is 1. The summed E-state index contributed by atoms with van der Waals surface area (Å²) >= 11 is 0. The third-order valence-electron chi connectivity index (χ3n) is 1.82. The predicted octanol–water partition coefficient (Wildman–Crippen LogP) is 2.21. The van der Waals surface area contributed by atoms with Crippen LogP contribution in [0.25, 0.3) is 0 Å². The summed E-state index contributed by atoms with van der Waals surface area (Å²) in [7, 11) is 0. The Balaban J connectivity index is 2.40. The highest BCUT2D eigenvalue weighted by molar-refractivity contribution is 5.87. The van der Waals surface area contributed by atoms with Crippen molar-refractivity contribution >= 4 is 5.97 Å². The molecule has 0 aromatic rings. The number of hydrogen-bond donors (Lipinski definition) is 0. The van der Waals surface area contributed by atoms with Gasteiger partial charge in [-0.3, -0.25) is 0 Å². The molecule has 1 aliphatic carbocycles. The van der Waals surface area contributed by atoms with Gasteiger partial charge in [0, 0.05) is 5.57 Å². The minimum atomic E-state index is -0.286. The molecule has 0 N–H and O–H groups in total. The van der Waals surface area contributed by atoms with Gasteiger partial charge < -0.3 is 4.74 Å². The van der Waals surface area contributed by atoms with Gasteiger partial charge >= 0.3 is 5.97 Å². The van der Waals surface area contributed by atoms with Crippen molar-refractivity contribution in [2.45, 2.75) is 32.3 Å². The Morgan fingerprint density at radius 1 is 1.67 bits per heavy atom. The zero-order valence-corrected chi connectivity index (χ0v) is 7.38. The molecule has 0 radical (unpaired) electrons. The van der Waals surface area contributed by atoms with E-state index in [1.54, 1.807) is 6.92 Å². The zero-order chi connectivity index (χ0) is 8.97. The Morgan fingerprint density at radius 2 is 2.42 bits per heavy atom. The highest BCUT2D eigenvalue weighted by atomic mass is 16.5. The number of esters is 1. The zero-order valence-electron chi connectivity index (χ0n) is 7.38. The minimum absolute atomic E-state index is 0.0250. The third kappa shape index (κ3) is 2.53. The summed E-state index contributed by atoms with van der Waals surface area (Å²) < 4.78 is 5.13.